The Morgan fingerprint density at radius 3 is 2.78 bits per heavy atom. The van der Waals surface area contributed by atoms with Crippen molar-refractivity contribution >= 4 is 22.2 Å². The Hall–Kier alpha value is -1.34. The third-order valence-corrected chi connectivity index (χ3v) is 5.20. The lowest BCUT2D eigenvalue weighted by Gasteiger charge is -2.09. The van der Waals surface area contributed by atoms with Gasteiger partial charge >= 0.3 is 0 Å². The molecule has 2 aliphatic carbocycles. The number of carbonyl (C=O) groups is 1. The first-order valence-electron chi connectivity index (χ1n) is 6.65. The minimum atomic E-state index is 0.115. The smallest absolute Gasteiger partial charge is 0.228 e. The Morgan fingerprint density at radius 1 is 1.28 bits per heavy atom. The number of nitrogens with zero attached hydrogens (tertiary/aromatic N) is 1. The van der Waals surface area contributed by atoms with Gasteiger partial charge in [-0.2, -0.15) is 5.26 Å². The third kappa shape index (κ3) is 1.93. The van der Waals surface area contributed by atoms with E-state index in [-0.39, 0.29) is 11.8 Å². The van der Waals surface area contributed by atoms with Crippen molar-refractivity contribution in [3.05, 3.63) is 16.0 Å². The molecule has 18 heavy (non-hydrogen) atoms. The van der Waals surface area contributed by atoms with E-state index in [2.05, 4.69) is 11.4 Å². The molecule has 0 aliphatic heterocycles. The van der Waals surface area contributed by atoms with Gasteiger partial charge in [0, 0.05) is 10.8 Å². The van der Waals surface area contributed by atoms with E-state index < -0.39 is 0 Å². The normalized spacial score (nSPS) is 18.6. The number of aryl methyl sites for hydroxylation is 1. The molecule has 94 valence electrons. The van der Waals surface area contributed by atoms with Gasteiger partial charge < -0.3 is 5.32 Å². The van der Waals surface area contributed by atoms with Crippen LogP contribution in [0, 0.1) is 17.2 Å². The summed E-state index contributed by atoms with van der Waals surface area (Å²) in [5, 5.41) is 13.0. The fourth-order valence-corrected chi connectivity index (χ4v) is 4.26. The first-order chi connectivity index (χ1) is 8.79. The lowest BCUT2D eigenvalue weighted by atomic mass is 10.1. The van der Waals surface area contributed by atoms with Gasteiger partial charge in [0.1, 0.15) is 11.1 Å². The summed E-state index contributed by atoms with van der Waals surface area (Å²) >= 11 is 1.61. The Labute approximate surface area is 111 Å². The van der Waals surface area contributed by atoms with Crippen LogP contribution in [0.15, 0.2) is 0 Å². The molecule has 1 aromatic heterocycles. The molecule has 0 radical (unpaired) electrons. The fourth-order valence-electron chi connectivity index (χ4n) is 3.01. The molecule has 1 N–H and O–H groups in total. The van der Waals surface area contributed by atoms with Crippen molar-refractivity contribution in [3.63, 3.8) is 0 Å². The topological polar surface area (TPSA) is 52.9 Å². The highest BCUT2D eigenvalue weighted by molar-refractivity contribution is 7.16. The molecule has 2 aliphatic rings. The molecular formula is C14H16N2OS. The summed E-state index contributed by atoms with van der Waals surface area (Å²) in [7, 11) is 0. The minimum Gasteiger partial charge on any atom is -0.316 e. The molecule has 0 atom stereocenters. The molecule has 4 heteroatoms. The molecule has 1 saturated carbocycles. The molecule has 0 saturated heterocycles. The number of carbonyl (C=O) groups excluding carboxylic acids is 1. The molecule has 1 fully saturated rings. The van der Waals surface area contributed by atoms with Crippen LogP contribution in [-0.4, -0.2) is 5.91 Å². The zero-order valence-electron chi connectivity index (χ0n) is 10.3. The predicted molar refractivity (Wildman–Crippen MR) is 71.6 cm³/mol. The maximum absolute atomic E-state index is 12.1. The monoisotopic (exact) mass is 260 g/mol. The van der Waals surface area contributed by atoms with Crippen LogP contribution in [0.4, 0.5) is 5.00 Å². The van der Waals surface area contributed by atoms with Gasteiger partial charge in [0.2, 0.25) is 5.91 Å². The van der Waals surface area contributed by atoms with Crippen molar-refractivity contribution in [3.8, 4) is 6.07 Å². The standard InChI is InChI=1S/C14H16N2OS/c15-8-11-10-6-3-7-12(10)18-14(11)16-13(17)9-4-1-2-5-9/h9H,1-7H2,(H,16,17). The highest BCUT2D eigenvalue weighted by Crippen LogP contribution is 2.39. The van der Waals surface area contributed by atoms with Crippen molar-refractivity contribution in [2.75, 3.05) is 5.32 Å². The van der Waals surface area contributed by atoms with Gasteiger partial charge in [0.25, 0.3) is 0 Å². The van der Waals surface area contributed by atoms with Gasteiger partial charge in [-0.3, -0.25) is 4.79 Å². The molecule has 0 aromatic carbocycles. The van der Waals surface area contributed by atoms with Gasteiger partial charge in [0.05, 0.1) is 5.56 Å². The molecule has 0 spiro atoms. The van der Waals surface area contributed by atoms with E-state index in [9.17, 15) is 10.1 Å². The predicted octanol–water partition coefficient (Wildman–Crippen LogP) is 3.24. The second-order valence-electron chi connectivity index (χ2n) is 5.14. The van der Waals surface area contributed by atoms with Crippen LogP contribution in [-0.2, 0) is 17.6 Å². The van der Waals surface area contributed by atoms with Crippen LogP contribution < -0.4 is 5.32 Å². The van der Waals surface area contributed by atoms with Crippen LogP contribution >= 0.6 is 11.3 Å². The molecule has 3 rings (SSSR count). The summed E-state index contributed by atoms with van der Waals surface area (Å²) in [5.74, 6) is 0.275. The van der Waals surface area contributed by atoms with Crippen molar-refractivity contribution in [1.29, 1.82) is 5.26 Å². The summed E-state index contributed by atoms with van der Waals surface area (Å²) < 4.78 is 0. The summed E-state index contributed by atoms with van der Waals surface area (Å²) in [6.45, 7) is 0. The summed E-state index contributed by atoms with van der Waals surface area (Å²) in [5.41, 5.74) is 1.91. The number of rotatable bonds is 2. The molecular weight excluding hydrogens is 244 g/mol. The molecule has 1 amide bonds. The van der Waals surface area contributed by atoms with E-state index in [4.69, 9.17) is 0 Å². The second-order valence-corrected chi connectivity index (χ2v) is 6.25. The van der Waals surface area contributed by atoms with Gasteiger partial charge in [-0.15, -0.1) is 11.3 Å². The maximum Gasteiger partial charge on any atom is 0.228 e. The van der Waals surface area contributed by atoms with Crippen LogP contribution in [0.3, 0.4) is 0 Å². The minimum absolute atomic E-state index is 0.115. The maximum atomic E-state index is 12.1. The van der Waals surface area contributed by atoms with Crippen molar-refractivity contribution in [2.24, 2.45) is 5.92 Å². The Bertz CT molecular complexity index is 521. The third-order valence-electron chi connectivity index (χ3n) is 4.00. The zero-order chi connectivity index (χ0) is 12.5. The number of hydrogen-bond donors (Lipinski definition) is 1. The largest absolute Gasteiger partial charge is 0.316 e. The summed E-state index contributed by atoms with van der Waals surface area (Å²) in [4.78, 5) is 13.4. The van der Waals surface area contributed by atoms with Crippen LogP contribution in [0.2, 0.25) is 0 Å². The molecule has 0 bridgehead atoms. The lowest BCUT2D eigenvalue weighted by molar-refractivity contribution is -0.119. The van der Waals surface area contributed by atoms with Gasteiger partial charge in [0.15, 0.2) is 0 Å². The van der Waals surface area contributed by atoms with Crippen LogP contribution in [0.5, 0.6) is 0 Å². The van der Waals surface area contributed by atoms with E-state index in [1.165, 1.54) is 10.4 Å². The van der Waals surface area contributed by atoms with E-state index in [1.54, 1.807) is 11.3 Å². The fraction of sp³-hybridized carbons (Fsp3) is 0.571. The number of fused-ring (bicyclic) bond motifs is 1. The highest BCUT2D eigenvalue weighted by Gasteiger charge is 2.26. The number of thiophene rings is 1. The number of anilines is 1. The van der Waals surface area contributed by atoms with Gasteiger partial charge in [-0.1, -0.05) is 12.8 Å². The lowest BCUT2D eigenvalue weighted by Crippen LogP contribution is -2.20. The molecule has 1 heterocycles. The molecule has 0 unspecified atom stereocenters. The second kappa shape index (κ2) is 4.74. The highest BCUT2D eigenvalue weighted by atomic mass is 32.1. The van der Waals surface area contributed by atoms with Crippen molar-refractivity contribution in [1.82, 2.24) is 0 Å². The molecule has 1 aromatic rings. The SMILES string of the molecule is N#Cc1c(NC(=O)C2CCCC2)sc2c1CCC2. The summed E-state index contributed by atoms with van der Waals surface area (Å²) in [6.07, 6.45) is 7.51. The average molecular weight is 260 g/mol. The van der Waals surface area contributed by atoms with E-state index in [0.29, 0.717) is 0 Å². The van der Waals surface area contributed by atoms with E-state index in [1.807, 2.05) is 0 Å². The summed E-state index contributed by atoms with van der Waals surface area (Å²) in [6, 6.07) is 2.27. The Kier molecular flexibility index (Phi) is 3.09. The first-order valence-corrected chi connectivity index (χ1v) is 7.46. The van der Waals surface area contributed by atoms with E-state index >= 15 is 0 Å². The van der Waals surface area contributed by atoms with Crippen molar-refractivity contribution in [2.45, 2.75) is 44.9 Å². The average Bonchev–Trinajstić information content (AvgIpc) is 3.04. The van der Waals surface area contributed by atoms with E-state index in [0.717, 1.165) is 55.5 Å². The first kappa shape index (κ1) is 11.7. The molecule has 3 nitrogen and oxygen atoms in total. The van der Waals surface area contributed by atoms with Crippen LogP contribution in [0.25, 0.3) is 0 Å². The number of hydrogen-bond acceptors (Lipinski definition) is 3. The quantitative estimate of drug-likeness (QED) is 0.887. The van der Waals surface area contributed by atoms with Gasteiger partial charge in [-0.05, 0) is 37.7 Å². The zero-order valence-corrected chi connectivity index (χ0v) is 11.1. The number of nitriles is 1. The van der Waals surface area contributed by atoms with Gasteiger partial charge in [-0.25, -0.2) is 0 Å². The Morgan fingerprint density at radius 2 is 2.06 bits per heavy atom. The Balaban J connectivity index is 1.81. The van der Waals surface area contributed by atoms with Crippen molar-refractivity contribution < 1.29 is 4.79 Å². The number of nitrogens with one attached hydrogen (secondary N) is 1. The number of amides is 1. The van der Waals surface area contributed by atoms with Crippen LogP contribution in [0.1, 0.15) is 48.1 Å².